The van der Waals surface area contributed by atoms with Gasteiger partial charge in [0.15, 0.2) is 0 Å². The Hall–Kier alpha value is -0.900. The van der Waals surface area contributed by atoms with Crippen LogP contribution in [0.1, 0.15) is 36.0 Å². The van der Waals surface area contributed by atoms with Gasteiger partial charge in [-0.15, -0.1) is 0 Å². The minimum Gasteiger partial charge on any atom is -0.378 e. The summed E-state index contributed by atoms with van der Waals surface area (Å²) in [5.41, 5.74) is 4.52. The Morgan fingerprint density at radius 3 is 3.26 bits per heavy atom. The number of hydrogen-bond donors (Lipinski definition) is 2. The zero-order chi connectivity index (χ0) is 12.9. The smallest absolute Gasteiger partial charge is 0.0588 e. The van der Waals surface area contributed by atoms with E-state index in [4.69, 9.17) is 4.74 Å². The van der Waals surface area contributed by atoms with Crippen molar-refractivity contribution in [2.24, 2.45) is 0 Å². The molecule has 2 N–H and O–H groups in total. The highest BCUT2D eigenvalue weighted by molar-refractivity contribution is 5.36. The van der Waals surface area contributed by atoms with Gasteiger partial charge in [0.2, 0.25) is 0 Å². The van der Waals surface area contributed by atoms with Gasteiger partial charge in [-0.2, -0.15) is 0 Å². The van der Waals surface area contributed by atoms with Crippen LogP contribution < -0.4 is 10.6 Å². The first-order chi connectivity index (χ1) is 9.43. The molecule has 0 bridgehead atoms. The Morgan fingerprint density at radius 2 is 2.37 bits per heavy atom. The molecule has 1 aromatic carbocycles. The maximum atomic E-state index is 5.65. The van der Waals surface area contributed by atoms with E-state index in [1.165, 1.54) is 30.4 Å². The highest BCUT2D eigenvalue weighted by Gasteiger charge is 2.15. The molecule has 19 heavy (non-hydrogen) atoms. The fourth-order valence-corrected chi connectivity index (χ4v) is 3.13. The van der Waals surface area contributed by atoms with Crippen LogP contribution in [0.5, 0.6) is 0 Å². The van der Waals surface area contributed by atoms with Crippen molar-refractivity contribution in [3.05, 3.63) is 34.9 Å². The molecule has 1 unspecified atom stereocenters. The molecule has 2 aliphatic heterocycles. The number of fused-ring (bicyclic) bond motifs is 1. The van der Waals surface area contributed by atoms with Crippen LogP contribution in [0.15, 0.2) is 18.2 Å². The molecule has 0 spiro atoms. The largest absolute Gasteiger partial charge is 0.378 e. The van der Waals surface area contributed by atoms with E-state index in [0.717, 1.165) is 39.2 Å². The quantitative estimate of drug-likeness (QED) is 0.794. The Labute approximate surface area is 115 Å². The van der Waals surface area contributed by atoms with Crippen molar-refractivity contribution in [1.29, 1.82) is 0 Å². The maximum Gasteiger partial charge on any atom is 0.0588 e. The van der Waals surface area contributed by atoms with Crippen LogP contribution in [0.4, 0.5) is 0 Å². The summed E-state index contributed by atoms with van der Waals surface area (Å²) in [6, 6.07) is 6.70. The van der Waals surface area contributed by atoms with Gasteiger partial charge in [-0.3, -0.25) is 0 Å². The number of ether oxygens (including phenoxy) is 1. The van der Waals surface area contributed by atoms with E-state index in [1.807, 2.05) is 0 Å². The SMILES string of the molecule is c1cc2c(c(CNCCC3CCCO3)c1)CCNC2. The van der Waals surface area contributed by atoms with Gasteiger partial charge in [-0.25, -0.2) is 0 Å². The van der Waals surface area contributed by atoms with Crippen molar-refractivity contribution in [2.45, 2.75) is 44.9 Å². The maximum absolute atomic E-state index is 5.65. The molecule has 3 nitrogen and oxygen atoms in total. The third kappa shape index (κ3) is 3.35. The molecular weight excluding hydrogens is 236 g/mol. The molecule has 1 aromatic rings. The Morgan fingerprint density at radius 1 is 1.37 bits per heavy atom. The van der Waals surface area contributed by atoms with E-state index in [0.29, 0.717) is 6.10 Å². The van der Waals surface area contributed by atoms with E-state index in [9.17, 15) is 0 Å². The first-order valence-electron chi connectivity index (χ1n) is 7.56. The van der Waals surface area contributed by atoms with Crippen molar-refractivity contribution < 1.29 is 4.74 Å². The highest BCUT2D eigenvalue weighted by atomic mass is 16.5. The molecule has 0 radical (unpaired) electrons. The highest BCUT2D eigenvalue weighted by Crippen LogP contribution is 2.19. The predicted octanol–water partition coefficient (Wildman–Crippen LogP) is 1.99. The van der Waals surface area contributed by atoms with Gasteiger partial charge < -0.3 is 15.4 Å². The summed E-state index contributed by atoms with van der Waals surface area (Å²) >= 11 is 0. The molecular formula is C16H24N2O. The van der Waals surface area contributed by atoms with E-state index >= 15 is 0 Å². The van der Waals surface area contributed by atoms with Crippen LogP contribution in [0.2, 0.25) is 0 Å². The normalized spacial score (nSPS) is 22.4. The standard InChI is InChI=1S/C16H24N2O/c1-3-13(16-7-9-18-12-14(16)4-1)11-17-8-6-15-5-2-10-19-15/h1,3-4,15,17-18H,2,5-12H2. The van der Waals surface area contributed by atoms with Gasteiger partial charge in [0, 0.05) is 19.7 Å². The predicted molar refractivity (Wildman–Crippen MR) is 77.2 cm³/mol. The van der Waals surface area contributed by atoms with Crippen molar-refractivity contribution in [1.82, 2.24) is 10.6 Å². The third-order valence-electron chi connectivity index (χ3n) is 4.22. The Kier molecular flexibility index (Phi) is 4.49. The van der Waals surface area contributed by atoms with Gasteiger partial charge in [-0.05, 0) is 55.5 Å². The lowest BCUT2D eigenvalue weighted by Gasteiger charge is -2.20. The Balaban J connectivity index is 1.49. The summed E-state index contributed by atoms with van der Waals surface area (Å²) < 4.78 is 5.65. The topological polar surface area (TPSA) is 33.3 Å². The minimum atomic E-state index is 0.501. The minimum absolute atomic E-state index is 0.501. The molecule has 1 fully saturated rings. The van der Waals surface area contributed by atoms with E-state index in [1.54, 1.807) is 5.56 Å². The second-order valence-electron chi connectivity index (χ2n) is 5.58. The van der Waals surface area contributed by atoms with Gasteiger partial charge in [0.1, 0.15) is 0 Å². The van der Waals surface area contributed by atoms with Crippen LogP contribution in [-0.4, -0.2) is 25.8 Å². The molecule has 3 heteroatoms. The molecule has 2 heterocycles. The monoisotopic (exact) mass is 260 g/mol. The van der Waals surface area contributed by atoms with E-state index < -0.39 is 0 Å². The molecule has 0 amide bonds. The lowest BCUT2D eigenvalue weighted by Crippen LogP contribution is -2.26. The lowest BCUT2D eigenvalue weighted by atomic mass is 9.95. The van der Waals surface area contributed by atoms with Gasteiger partial charge >= 0.3 is 0 Å². The fraction of sp³-hybridized carbons (Fsp3) is 0.625. The van der Waals surface area contributed by atoms with Crippen LogP contribution in [-0.2, 0) is 24.2 Å². The number of benzene rings is 1. The van der Waals surface area contributed by atoms with Crippen LogP contribution >= 0.6 is 0 Å². The average Bonchev–Trinajstić information content (AvgIpc) is 2.97. The van der Waals surface area contributed by atoms with Crippen molar-refractivity contribution in [2.75, 3.05) is 19.7 Å². The molecule has 1 saturated heterocycles. The molecule has 0 aliphatic carbocycles. The zero-order valence-electron chi connectivity index (χ0n) is 11.6. The average molecular weight is 260 g/mol. The molecule has 1 atom stereocenters. The van der Waals surface area contributed by atoms with Crippen LogP contribution in [0.3, 0.4) is 0 Å². The summed E-state index contributed by atoms with van der Waals surface area (Å²) in [5.74, 6) is 0. The van der Waals surface area contributed by atoms with Gasteiger partial charge in [0.25, 0.3) is 0 Å². The van der Waals surface area contributed by atoms with Crippen molar-refractivity contribution in [3.63, 3.8) is 0 Å². The third-order valence-corrected chi connectivity index (χ3v) is 4.22. The van der Waals surface area contributed by atoms with Gasteiger partial charge in [0.05, 0.1) is 6.10 Å². The van der Waals surface area contributed by atoms with Gasteiger partial charge in [-0.1, -0.05) is 18.2 Å². The van der Waals surface area contributed by atoms with E-state index in [-0.39, 0.29) is 0 Å². The fourth-order valence-electron chi connectivity index (χ4n) is 3.13. The van der Waals surface area contributed by atoms with Crippen LogP contribution in [0, 0.1) is 0 Å². The second kappa shape index (κ2) is 6.51. The molecule has 2 aliphatic rings. The number of rotatable bonds is 5. The summed E-state index contributed by atoms with van der Waals surface area (Å²) in [6.45, 7) is 5.16. The number of nitrogens with one attached hydrogen (secondary N) is 2. The molecule has 3 rings (SSSR count). The first-order valence-corrected chi connectivity index (χ1v) is 7.56. The van der Waals surface area contributed by atoms with Crippen LogP contribution in [0.25, 0.3) is 0 Å². The summed E-state index contributed by atoms with van der Waals surface area (Å²) in [6.07, 6.45) is 5.30. The molecule has 104 valence electrons. The summed E-state index contributed by atoms with van der Waals surface area (Å²) in [7, 11) is 0. The zero-order valence-corrected chi connectivity index (χ0v) is 11.6. The molecule has 0 aromatic heterocycles. The van der Waals surface area contributed by atoms with E-state index in [2.05, 4.69) is 28.8 Å². The first kappa shape index (κ1) is 13.1. The second-order valence-corrected chi connectivity index (χ2v) is 5.58. The Bertz CT molecular complexity index is 413. The van der Waals surface area contributed by atoms with Crippen molar-refractivity contribution in [3.8, 4) is 0 Å². The number of hydrogen-bond acceptors (Lipinski definition) is 3. The summed E-state index contributed by atoms with van der Waals surface area (Å²) in [4.78, 5) is 0. The lowest BCUT2D eigenvalue weighted by molar-refractivity contribution is 0.104. The van der Waals surface area contributed by atoms with Crippen molar-refractivity contribution >= 4 is 0 Å². The summed E-state index contributed by atoms with van der Waals surface area (Å²) in [5, 5.41) is 7.01. The molecule has 0 saturated carbocycles.